The molecule has 0 aliphatic rings. The summed E-state index contributed by atoms with van der Waals surface area (Å²) < 4.78 is 5.65. The normalized spacial score (nSPS) is 11.8. The lowest BCUT2D eigenvalue weighted by Gasteiger charge is -2.13. The van der Waals surface area contributed by atoms with Gasteiger partial charge in [-0.25, -0.2) is 5.43 Å². The Morgan fingerprint density at radius 2 is 1.62 bits per heavy atom. The third kappa shape index (κ3) is 5.49. The molecule has 0 aliphatic heterocycles. The van der Waals surface area contributed by atoms with E-state index in [-0.39, 0.29) is 5.69 Å². The maximum Gasteiger partial charge on any atom is 0.280 e. The van der Waals surface area contributed by atoms with Crippen LogP contribution in [0.4, 0.5) is 5.69 Å². The van der Waals surface area contributed by atoms with Gasteiger partial charge in [0.2, 0.25) is 0 Å². The van der Waals surface area contributed by atoms with E-state index in [9.17, 15) is 14.9 Å². The Morgan fingerprint density at radius 1 is 1.00 bits per heavy atom. The minimum absolute atomic E-state index is 0.00788. The fourth-order valence-corrected chi connectivity index (χ4v) is 2.56. The number of hydrogen-bond acceptors (Lipinski definition) is 5. The number of nitrogens with one attached hydrogen (secondary N) is 1. The zero-order chi connectivity index (χ0) is 20.6. The maximum absolute atomic E-state index is 12.1. The minimum Gasteiger partial charge on any atom is -0.481 e. The Labute approximate surface area is 167 Å². The van der Waals surface area contributed by atoms with Crippen LogP contribution < -0.4 is 10.2 Å². The molecular weight excluding hydrogens is 370 g/mol. The van der Waals surface area contributed by atoms with Gasteiger partial charge < -0.3 is 4.74 Å². The summed E-state index contributed by atoms with van der Waals surface area (Å²) in [6.07, 6.45) is 0.662. The second-order valence-corrected chi connectivity index (χ2v) is 6.23. The third-order valence-electron chi connectivity index (χ3n) is 4.14. The van der Waals surface area contributed by atoms with Crippen molar-refractivity contribution in [2.45, 2.75) is 13.0 Å². The van der Waals surface area contributed by atoms with Gasteiger partial charge in [-0.05, 0) is 47.9 Å². The fraction of sp³-hybridized carbons (Fsp3) is 0.0909. The van der Waals surface area contributed by atoms with Crippen molar-refractivity contribution in [3.05, 3.63) is 94.5 Å². The molecule has 0 fully saturated rings. The number of ether oxygens (including phenoxy) is 1. The highest BCUT2D eigenvalue weighted by Gasteiger charge is 2.14. The van der Waals surface area contributed by atoms with Crippen molar-refractivity contribution in [3.8, 4) is 16.9 Å². The molecule has 1 atom stereocenters. The number of nitrogens with zero attached hydrogens (tertiary/aromatic N) is 2. The molecule has 1 amide bonds. The van der Waals surface area contributed by atoms with E-state index in [4.69, 9.17) is 4.74 Å². The van der Waals surface area contributed by atoms with Crippen LogP contribution in [0.15, 0.2) is 84.0 Å². The van der Waals surface area contributed by atoms with Crippen molar-refractivity contribution in [1.82, 2.24) is 5.43 Å². The zero-order valence-electron chi connectivity index (χ0n) is 15.7. The number of hydrazone groups is 1. The van der Waals surface area contributed by atoms with E-state index in [0.717, 1.165) is 11.1 Å². The highest BCUT2D eigenvalue weighted by atomic mass is 16.6. The Balaban J connectivity index is 1.53. The molecule has 0 saturated heterocycles. The maximum atomic E-state index is 12.1. The Kier molecular flexibility index (Phi) is 6.32. The quantitative estimate of drug-likeness (QED) is 0.373. The fourth-order valence-electron chi connectivity index (χ4n) is 2.56. The molecule has 0 spiro atoms. The number of hydrogen-bond donors (Lipinski definition) is 1. The minimum atomic E-state index is -0.744. The van der Waals surface area contributed by atoms with Crippen LogP contribution in [-0.4, -0.2) is 23.1 Å². The molecule has 0 radical (unpaired) electrons. The first-order chi connectivity index (χ1) is 14.0. The van der Waals surface area contributed by atoms with Gasteiger partial charge in [-0.2, -0.15) is 5.10 Å². The van der Waals surface area contributed by atoms with Gasteiger partial charge in [-0.3, -0.25) is 14.9 Å². The molecule has 7 heteroatoms. The average molecular weight is 389 g/mol. The van der Waals surface area contributed by atoms with Crippen molar-refractivity contribution >= 4 is 17.8 Å². The molecule has 3 aromatic rings. The lowest BCUT2D eigenvalue weighted by atomic mass is 10.1. The largest absolute Gasteiger partial charge is 0.481 e. The van der Waals surface area contributed by atoms with E-state index < -0.39 is 16.9 Å². The molecular formula is C22H19N3O4. The molecule has 0 bridgehead atoms. The predicted molar refractivity (Wildman–Crippen MR) is 111 cm³/mol. The van der Waals surface area contributed by atoms with Gasteiger partial charge in [-0.1, -0.05) is 42.5 Å². The van der Waals surface area contributed by atoms with E-state index in [0.29, 0.717) is 11.3 Å². The number of nitro groups is 1. The molecule has 3 rings (SSSR count). The van der Waals surface area contributed by atoms with Crippen molar-refractivity contribution in [1.29, 1.82) is 0 Å². The summed E-state index contributed by atoms with van der Waals surface area (Å²) in [5, 5.41) is 14.5. The number of nitro benzene ring substituents is 1. The Morgan fingerprint density at radius 3 is 2.24 bits per heavy atom. The van der Waals surface area contributed by atoms with Gasteiger partial charge in [0.25, 0.3) is 11.6 Å². The van der Waals surface area contributed by atoms with Crippen LogP contribution in [0, 0.1) is 10.1 Å². The van der Waals surface area contributed by atoms with Gasteiger partial charge in [0.15, 0.2) is 6.10 Å². The first-order valence-electron chi connectivity index (χ1n) is 8.92. The number of carbonyl (C=O) groups is 1. The van der Waals surface area contributed by atoms with Gasteiger partial charge in [0.05, 0.1) is 11.1 Å². The highest BCUT2D eigenvalue weighted by Crippen LogP contribution is 2.22. The molecule has 0 unspecified atom stereocenters. The second-order valence-electron chi connectivity index (χ2n) is 6.23. The van der Waals surface area contributed by atoms with Gasteiger partial charge in [0, 0.05) is 12.1 Å². The SMILES string of the molecule is C[C@H](Oc1ccc(-c2ccccc2)cc1)C(=O)N/N=C\c1ccc([N+](=O)[O-])cc1. The van der Waals surface area contributed by atoms with E-state index in [1.54, 1.807) is 19.1 Å². The number of carbonyl (C=O) groups excluding carboxylic acids is 1. The molecule has 3 aromatic carbocycles. The molecule has 146 valence electrons. The molecule has 0 saturated carbocycles. The summed E-state index contributed by atoms with van der Waals surface area (Å²) in [4.78, 5) is 22.3. The molecule has 7 nitrogen and oxygen atoms in total. The van der Waals surface area contributed by atoms with Gasteiger partial charge in [0.1, 0.15) is 5.75 Å². The van der Waals surface area contributed by atoms with E-state index >= 15 is 0 Å². The molecule has 29 heavy (non-hydrogen) atoms. The highest BCUT2D eigenvalue weighted by molar-refractivity contribution is 5.84. The van der Waals surface area contributed by atoms with E-state index in [1.807, 2.05) is 54.6 Å². The predicted octanol–water partition coefficient (Wildman–Crippen LogP) is 4.18. The van der Waals surface area contributed by atoms with Gasteiger partial charge in [-0.15, -0.1) is 0 Å². The first kappa shape index (κ1) is 19.8. The van der Waals surface area contributed by atoms with Crippen molar-refractivity contribution in [3.63, 3.8) is 0 Å². The van der Waals surface area contributed by atoms with Crippen LogP contribution >= 0.6 is 0 Å². The topological polar surface area (TPSA) is 93.8 Å². The molecule has 0 aromatic heterocycles. The number of non-ortho nitro benzene ring substituents is 1. The average Bonchev–Trinajstić information content (AvgIpc) is 2.75. The smallest absolute Gasteiger partial charge is 0.280 e. The molecule has 0 heterocycles. The summed E-state index contributed by atoms with van der Waals surface area (Å²) in [6.45, 7) is 1.63. The lowest BCUT2D eigenvalue weighted by molar-refractivity contribution is -0.384. The van der Waals surface area contributed by atoms with Crippen LogP contribution in [0.5, 0.6) is 5.75 Å². The summed E-state index contributed by atoms with van der Waals surface area (Å²) in [5.74, 6) is 0.168. The van der Waals surface area contributed by atoms with Crippen LogP contribution in [0.2, 0.25) is 0 Å². The van der Waals surface area contributed by atoms with Crippen molar-refractivity contribution in [2.24, 2.45) is 5.10 Å². The lowest BCUT2D eigenvalue weighted by Crippen LogP contribution is -2.33. The van der Waals surface area contributed by atoms with Crippen molar-refractivity contribution in [2.75, 3.05) is 0 Å². The second kappa shape index (κ2) is 9.27. The number of amides is 1. The van der Waals surface area contributed by atoms with Crippen LogP contribution in [0.3, 0.4) is 0 Å². The summed E-state index contributed by atoms with van der Waals surface area (Å²) in [6, 6.07) is 23.3. The van der Waals surface area contributed by atoms with Crippen LogP contribution in [0.25, 0.3) is 11.1 Å². The molecule has 1 N–H and O–H groups in total. The van der Waals surface area contributed by atoms with Gasteiger partial charge >= 0.3 is 0 Å². The van der Waals surface area contributed by atoms with Crippen LogP contribution in [0.1, 0.15) is 12.5 Å². The summed E-state index contributed by atoms with van der Waals surface area (Å²) >= 11 is 0. The standard InChI is InChI=1S/C22H19N3O4/c1-16(22(26)24-23-15-17-7-11-20(12-8-17)25(27)28)29-21-13-9-19(10-14-21)18-5-3-2-4-6-18/h2-16H,1H3,(H,24,26)/b23-15-/t16-/m0/s1. The Hall–Kier alpha value is -4.00. The van der Waals surface area contributed by atoms with Crippen molar-refractivity contribution < 1.29 is 14.5 Å². The summed E-state index contributed by atoms with van der Waals surface area (Å²) in [5.41, 5.74) is 5.18. The number of rotatable bonds is 7. The summed E-state index contributed by atoms with van der Waals surface area (Å²) in [7, 11) is 0. The third-order valence-corrected chi connectivity index (χ3v) is 4.14. The van der Waals surface area contributed by atoms with E-state index in [1.165, 1.54) is 18.3 Å². The van der Waals surface area contributed by atoms with Crippen LogP contribution in [-0.2, 0) is 4.79 Å². The van der Waals surface area contributed by atoms with E-state index in [2.05, 4.69) is 10.5 Å². The monoisotopic (exact) mass is 389 g/mol. The Bertz CT molecular complexity index is 1000. The molecule has 0 aliphatic carbocycles. The first-order valence-corrected chi connectivity index (χ1v) is 8.92. The zero-order valence-corrected chi connectivity index (χ0v) is 15.7. The number of benzene rings is 3.